The molecule has 12 heavy (non-hydrogen) atoms. The van der Waals surface area contributed by atoms with E-state index in [9.17, 15) is 4.79 Å². The maximum absolute atomic E-state index is 10.7. The van der Waals surface area contributed by atoms with Gasteiger partial charge in [0.15, 0.2) is 0 Å². The lowest BCUT2D eigenvalue weighted by molar-refractivity contribution is -0.136. The minimum absolute atomic E-state index is 0.139. The van der Waals surface area contributed by atoms with Crippen LogP contribution in [0, 0.1) is 0 Å². The Balaban J connectivity index is 3.89. The Hall–Kier alpha value is -0.210. The molecule has 0 amide bonds. The molecule has 0 radical (unpaired) electrons. The average molecular weight is 211 g/mol. The zero-order valence-electron chi connectivity index (χ0n) is 6.98. The molecule has 0 N–H and O–H groups in total. The maximum Gasteiger partial charge on any atom is 0.325 e. The topological polar surface area (TPSA) is 26.3 Å². The normalized spacial score (nSPS) is 11.4. The first-order chi connectivity index (χ1) is 5.74. The van der Waals surface area contributed by atoms with Gasteiger partial charge in [-0.3, -0.25) is 4.79 Å². The van der Waals surface area contributed by atoms with Gasteiger partial charge in [0.2, 0.25) is 0 Å². The zero-order chi connectivity index (χ0) is 9.40. The van der Waals surface area contributed by atoms with Crippen LogP contribution in [0.1, 0.15) is 19.8 Å². The van der Waals surface area contributed by atoms with Gasteiger partial charge in [-0.15, -0.1) is 23.2 Å². The second-order valence-corrected chi connectivity index (χ2v) is 2.73. The Morgan fingerprint density at radius 1 is 1.42 bits per heavy atom. The second kappa shape index (κ2) is 7.44. The van der Waals surface area contributed by atoms with Crippen molar-refractivity contribution < 1.29 is 9.53 Å². The number of allylic oxidation sites excluding steroid dienone is 2. The van der Waals surface area contributed by atoms with E-state index in [1.54, 1.807) is 6.08 Å². The standard InChI is InChI=1S/C8H12Cl2O2/c1-2-3-4-7(5-9)12-8(11)6-10/h4H,2-3,5-6H2,1H3/b7-4-. The van der Waals surface area contributed by atoms with Crippen molar-refractivity contribution in [2.24, 2.45) is 0 Å². The van der Waals surface area contributed by atoms with Gasteiger partial charge >= 0.3 is 5.97 Å². The summed E-state index contributed by atoms with van der Waals surface area (Å²) < 4.78 is 4.81. The lowest BCUT2D eigenvalue weighted by Gasteiger charge is -2.02. The highest BCUT2D eigenvalue weighted by Crippen LogP contribution is 2.04. The Morgan fingerprint density at radius 2 is 2.08 bits per heavy atom. The molecule has 0 atom stereocenters. The number of carbonyl (C=O) groups is 1. The number of ether oxygens (including phenoxy) is 1. The van der Waals surface area contributed by atoms with Gasteiger partial charge in [0.05, 0.1) is 5.88 Å². The molecule has 0 bridgehead atoms. The van der Waals surface area contributed by atoms with Crippen molar-refractivity contribution in [1.29, 1.82) is 0 Å². The summed E-state index contributed by atoms with van der Waals surface area (Å²) in [5, 5.41) is 0. The van der Waals surface area contributed by atoms with E-state index in [-0.39, 0.29) is 11.8 Å². The van der Waals surface area contributed by atoms with E-state index in [4.69, 9.17) is 27.9 Å². The van der Waals surface area contributed by atoms with Gasteiger partial charge in [-0.05, 0) is 12.5 Å². The fraction of sp³-hybridized carbons (Fsp3) is 0.625. The summed E-state index contributed by atoms with van der Waals surface area (Å²) in [7, 11) is 0. The summed E-state index contributed by atoms with van der Waals surface area (Å²) >= 11 is 10.8. The van der Waals surface area contributed by atoms with Gasteiger partial charge in [0.25, 0.3) is 0 Å². The predicted molar refractivity (Wildman–Crippen MR) is 50.5 cm³/mol. The number of carbonyl (C=O) groups excluding carboxylic acids is 1. The Labute approximate surface area is 82.5 Å². The molecular weight excluding hydrogens is 199 g/mol. The maximum atomic E-state index is 10.7. The Kier molecular flexibility index (Phi) is 7.31. The molecule has 0 saturated heterocycles. The zero-order valence-corrected chi connectivity index (χ0v) is 8.49. The monoisotopic (exact) mass is 210 g/mol. The van der Waals surface area contributed by atoms with Gasteiger partial charge in [0.1, 0.15) is 11.6 Å². The summed E-state index contributed by atoms with van der Waals surface area (Å²) in [5.74, 6) is 0.104. The van der Waals surface area contributed by atoms with Gasteiger partial charge < -0.3 is 4.74 Å². The molecule has 0 saturated carbocycles. The van der Waals surface area contributed by atoms with Crippen molar-refractivity contribution in [3.05, 3.63) is 11.8 Å². The summed E-state index contributed by atoms with van der Waals surface area (Å²) in [6, 6.07) is 0. The fourth-order valence-corrected chi connectivity index (χ4v) is 0.821. The summed E-state index contributed by atoms with van der Waals surface area (Å²) in [4.78, 5) is 10.7. The molecule has 0 aromatic heterocycles. The quantitative estimate of drug-likeness (QED) is 0.397. The van der Waals surface area contributed by atoms with Crippen LogP contribution >= 0.6 is 23.2 Å². The number of rotatable bonds is 5. The smallest absolute Gasteiger partial charge is 0.325 e. The molecule has 0 fully saturated rings. The Morgan fingerprint density at radius 3 is 2.50 bits per heavy atom. The largest absolute Gasteiger partial charge is 0.429 e. The molecule has 0 aromatic rings. The fourth-order valence-electron chi connectivity index (χ4n) is 0.602. The molecule has 0 unspecified atom stereocenters. The van der Waals surface area contributed by atoms with E-state index in [1.807, 2.05) is 6.92 Å². The highest BCUT2D eigenvalue weighted by atomic mass is 35.5. The van der Waals surface area contributed by atoms with Crippen molar-refractivity contribution in [3.8, 4) is 0 Å². The lowest BCUT2D eigenvalue weighted by atomic mass is 10.3. The summed E-state index contributed by atoms with van der Waals surface area (Å²) in [5.41, 5.74) is 0. The van der Waals surface area contributed by atoms with Crippen LogP contribution in [0.4, 0.5) is 0 Å². The van der Waals surface area contributed by atoms with E-state index in [2.05, 4.69) is 0 Å². The van der Waals surface area contributed by atoms with Crippen LogP contribution in [-0.2, 0) is 9.53 Å². The molecular formula is C8H12Cl2O2. The minimum atomic E-state index is -0.459. The van der Waals surface area contributed by atoms with E-state index in [0.717, 1.165) is 12.8 Å². The third kappa shape index (κ3) is 5.44. The predicted octanol–water partition coefficient (Wildman–Crippen LogP) is 2.69. The first kappa shape index (κ1) is 11.8. The molecule has 70 valence electrons. The van der Waals surface area contributed by atoms with Gasteiger partial charge in [-0.2, -0.15) is 0 Å². The van der Waals surface area contributed by atoms with Crippen molar-refractivity contribution in [3.63, 3.8) is 0 Å². The number of unbranched alkanes of at least 4 members (excludes halogenated alkanes) is 1. The third-order valence-electron chi connectivity index (χ3n) is 1.15. The van der Waals surface area contributed by atoms with Crippen LogP contribution < -0.4 is 0 Å². The van der Waals surface area contributed by atoms with Crippen molar-refractivity contribution in [2.75, 3.05) is 11.8 Å². The third-order valence-corrected chi connectivity index (χ3v) is 1.63. The molecule has 2 nitrogen and oxygen atoms in total. The van der Waals surface area contributed by atoms with Crippen LogP contribution in [0.3, 0.4) is 0 Å². The lowest BCUT2D eigenvalue weighted by Crippen LogP contribution is -2.06. The molecule has 4 heteroatoms. The minimum Gasteiger partial charge on any atom is -0.429 e. The molecule has 0 aliphatic heterocycles. The SMILES string of the molecule is CCC/C=C(/CCl)OC(=O)CCl. The average Bonchev–Trinajstić information content (AvgIpc) is 2.11. The van der Waals surface area contributed by atoms with Crippen LogP contribution in [0.2, 0.25) is 0 Å². The van der Waals surface area contributed by atoms with Crippen LogP contribution in [-0.4, -0.2) is 17.7 Å². The molecule has 0 rings (SSSR count). The highest BCUT2D eigenvalue weighted by molar-refractivity contribution is 6.26. The van der Waals surface area contributed by atoms with Crippen molar-refractivity contribution in [1.82, 2.24) is 0 Å². The number of hydrogen-bond donors (Lipinski definition) is 0. The number of halogens is 2. The van der Waals surface area contributed by atoms with E-state index in [0.29, 0.717) is 5.76 Å². The summed E-state index contributed by atoms with van der Waals surface area (Å²) in [6.07, 6.45) is 3.66. The highest BCUT2D eigenvalue weighted by Gasteiger charge is 2.03. The number of alkyl halides is 2. The van der Waals surface area contributed by atoms with Crippen LogP contribution in [0.5, 0.6) is 0 Å². The summed E-state index contributed by atoms with van der Waals surface area (Å²) in [6.45, 7) is 2.03. The van der Waals surface area contributed by atoms with Crippen LogP contribution in [0.25, 0.3) is 0 Å². The van der Waals surface area contributed by atoms with Crippen molar-refractivity contribution in [2.45, 2.75) is 19.8 Å². The number of esters is 1. The van der Waals surface area contributed by atoms with Gasteiger partial charge in [-0.25, -0.2) is 0 Å². The Bertz CT molecular complexity index is 166. The van der Waals surface area contributed by atoms with E-state index >= 15 is 0 Å². The van der Waals surface area contributed by atoms with Crippen LogP contribution in [0.15, 0.2) is 11.8 Å². The molecule has 0 aliphatic carbocycles. The first-order valence-corrected chi connectivity index (χ1v) is 4.83. The molecule has 0 heterocycles. The van der Waals surface area contributed by atoms with Gasteiger partial charge in [-0.1, -0.05) is 13.3 Å². The molecule has 0 spiro atoms. The molecule has 0 aliphatic rings. The van der Waals surface area contributed by atoms with Gasteiger partial charge in [0, 0.05) is 0 Å². The van der Waals surface area contributed by atoms with Crippen molar-refractivity contribution >= 4 is 29.2 Å². The van der Waals surface area contributed by atoms with E-state index < -0.39 is 5.97 Å². The number of hydrogen-bond acceptors (Lipinski definition) is 2. The van der Waals surface area contributed by atoms with E-state index in [1.165, 1.54) is 0 Å². The molecule has 0 aromatic carbocycles. The first-order valence-electron chi connectivity index (χ1n) is 3.76. The second-order valence-electron chi connectivity index (χ2n) is 2.20.